The van der Waals surface area contributed by atoms with Crippen LogP contribution in [0.5, 0.6) is 17.4 Å². The van der Waals surface area contributed by atoms with Gasteiger partial charge in [0.1, 0.15) is 21.8 Å². The van der Waals surface area contributed by atoms with Crippen LogP contribution in [0.25, 0.3) is 0 Å². The molecule has 166 valence electrons. The van der Waals surface area contributed by atoms with E-state index in [9.17, 15) is 9.69 Å². The van der Waals surface area contributed by atoms with Crippen LogP contribution in [0.3, 0.4) is 0 Å². The lowest BCUT2D eigenvalue weighted by atomic mass is 10.3. The van der Waals surface area contributed by atoms with Gasteiger partial charge < -0.3 is 20.1 Å². The van der Waals surface area contributed by atoms with Crippen molar-refractivity contribution < 1.29 is 19.2 Å². The topological polar surface area (TPSA) is 106 Å². The van der Waals surface area contributed by atoms with E-state index in [1.807, 2.05) is 6.07 Å². The van der Waals surface area contributed by atoms with Gasteiger partial charge in [-0.3, -0.25) is 4.79 Å². The molecule has 0 atom stereocenters. The molecule has 0 saturated carbocycles. The maximum Gasteiger partial charge on any atom is 0.247 e. The number of benzene rings is 2. The van der Waals surface area contributed by atoms with Gasteiger partial charge in [-0.1, -0.05) is 24.2 Å². The lowest BCUT2D eigenvalue weighted by molar-refractivity contribution is -0.111. The van der Waals surface area contributed by atoms with Crippen LogP contribution in [-0.4, -0.2) is 41.2 Å². The van der Waals surface area contributed by atoms with E-state index in [1.54, 1.807) is 56.8 Å². The average Bonchev–Trinajstić information content (AvgIpc) is 2.75. The van der Waals surface area contributed by atoms with Crippen LogP contribution in [-0.2, 0) is 4.79 Å². The summed E-state index contributed by atoms with van der Waals surface area (Å²) in [7, 11) is -0.643. The zero-order valence-electron chi connectivity index (χ0n) is 17.8. The molecular weight excluding hydrogens is 451 g/mol. The molecule has 1 aromatic heterocycles. The molecule has 32 heavy (non-hydrogen) atoms. The van der Waals surface area contributed by atoms with Crippen molar-refractivity contribution >= 4 is 47.6 Å². The summed E-state index contributed by atoms with van der Waals surface area (Å²) >= 11 is 6.22. The Labute approximate surface area is 191 Å². The standard InChI is InChI=1S/C22H22ClN4O4P/c1-5-20(28)25-14-7-6-8-15(11-14)31-21-17(23)13-24-22(27-21)26-18-10-9-16(32(3,4)29)12-19(18)30-2/h5-13,29H,1H2,2-4H3,(H-,24,25,26,27,28)/p+1. The number of nitrogens with one attached hydrogen (secondary N) is 2. The summed E-state index contributed by atoms with van der Waals surface area (Å²) in [4.78, 5) is 30.4. The number of rotatable bonds is 8. The Kier molecular flexibility index (Phi) is 7.30. The van der Waals surface area contributed by atoms with E-state index < -0.39 is 7.49 Å². The number of carbonyl (C=O) groups is 1. The van der Waals surface area contributed by atoms with Crippen molar-refractivity contribution in [1.29, 1.82) is 0 Å². The minimum absolute atomic E-state index is 0.134. The number of anilines is 3. The van der Waals surface area contributed by atoms with Crippen molar-refractivity contribution in [3.05, 3.63) is 66.3 Å². The van der Waals surface area contributed by atoms with Crippen LogP contribution in [0.1, 0.15) is 0 Å². The third-order valence-corrected chi connectivity index (χ3v) is 6.08. The van der Waals surface area contributed by atoms with Crippen LogP contribution >= 0.6 is 19.1 Å². The van der Waals surface area contributed by atoms with E-state index in [4.69, 9.17) is 21.1 Å². The van der Waals surface area contributed by atoms with E-state index in [0.29, 0.717) is 22.9 Å². The van der Waals surface area contributed by atoms with E-state index in [0.717, 1.165) is 5.30 Å². The van der Waals surface area contributed by atoms with E-state index >= 15 is 0 Å². The number of ether oxygens (including phenoxy) is 2. The first-order valence-electron chi connectivity index (χ1n) is 9.46. The normalized spacial score (nSPS) is 10.9. The molecule has 3 rings (SSSR count). The molecule has 8 nitrogen and oxygen atoms in total. The third-order valence-electron chi connectivity index (χ3n) is 4.28. The van der Waals surface area contributed by atoms with Gasteiger partial charge in [0.15, 0.2) is 7.49 Å². The van der Waals surface area contributed by atoms with E-state index in [2.05, 4.69) is 27.2 Å². The van der Waals surface area contributed by atoms with Gasteiger partial charge in [-0.15, -0.1) is 0 Å². The summed E-state index contributed by atoms with van der Waals surface area (Å²) in [5.74, 6) is 1.00. The molecule has 0 unspecified atom stereocenters. The Morgan fingerprint density at radius 1 is 1.25 bits per heavy atom. The van der Waals surface area contributed by atoms with Crippen molar-refractivity contribution in [2.45, 2.75) is 0 Å². The number of carbonyl (C=O) groups excluding carboxylic acids is 1. The first kappa shape index (κ1) is 23.5. The number of aromatic nitrogens is 2. The summed E-state index contributed by atoms with van der Waals surface area (Å²) in [6, 6.07) is 12.2. The van der Waals surface area contributed by atoms with Gasteiger partial charge in [-0.05, 0) is 30.3 Å². The SMILES string of the molecule is C=CC(=O)Nc1cccc(Oc2nc(Nc3ccc([P+](C)(C)O)cc3OC)ncc2Cl)c1. The minimum atomic E-state index is -2.19. The second-order valence-corrected chi connectivity index (χ2v) is 10.8. The van der Waals surface area contributed by atoms with Crippen molar-refractivity contribution in [3.63, 3.8) is 0 Å². The van der Waals surface area contributed by atoms with Crippen molar-refractivity contribution in [3.8, 4) is 17.4 Å². The smallest absolute Gasteiger partial charge is 0.247 e. The molecule has 3 N–H and O–H groups in total. The molecule has 10 heteroatoms. The number of amides is 1. The lowest BCUT2D eigenvalue weighted by Crippen LogP contribution is -2.10. The number of nitrogens with zero attached hydrogens (tertiary/aromatic N) is 2. The van der Waals surface area contributed by atoms with Gasteiger partial charge in [0.25, 0.3) is 0 Å². The second-order valence-electron chi connectivity index (χ2n) is 7.07. The first-order valence-corrected chi connectivity index (χ1v) is 12.5. The molecule has 0 bridgehead atoms. The molecule has 1 amide bonds. The third kappa shape index (κ3) is 5.95. The summed E-state index contributed by atoms with van der Waals surface area (Å²) < 4.78 is 11.3. The van der Waals surface area contributed by atoms with Crippen LogP contribution in [0.15, 0.2) is 61.3 Å². The summed E-state index contributed by atoms with van der Waals surface area (Å²) in [6.07, 6.45) is 2.59. The highest BCUT2D eigenvalue weighted by atomic mass is 35.5. The maximum absolute atomic E-state index is 11.5. The van der Waals surface area contributed by atoms with Crippen LogP contribution in [0.2, 0.25) is 5.02 Å². The summed E-state index contributed by atoms with van der Waals surface area (Å²) in [5, 5.41) is 6.76. The number of hydrogen-bond acceptors (Lipinski definition) is 7. The maximum atomic E-state index is 11.5. The number of halogens is 1. The van der Waals surface area contributed by atoms with Crippen LogP contribution in [0, 0.1) is 0 Å². The van der Waals surface area contributed by atoms with Gasteiger partial charge in [0.2, 0.25) is 17.7 Å². The number of hydrogen-bond donors (Lipinski definition) is 3. The largest absolute Gasteiger partial charge is 0.494 e. The molecule has 0 radical (unpaired) electrons. The quantitative estimate of drug-likeness (QED) is 0.324. The van der Waals surface area contributed by atoms with Gasteiger partial charge in [0, 0.05) is 17.8 Å². The Hall–Kier alpha value is -3.19. The summed E-state index contributed by atoms with van der Waals surface area (Å²) in [5.41, 5.74) is 1.16. The monoisotopic (exact) mass is 473 g/mol. The lowest BCUT2D eigenvalue weighted by Gasteiger charge is -2.14. The molecule has 0 aliphatic rings. The Morgan fingerprint density at radius 2 is 2.03 bits per heavy atom. The Balaban J connectivity index is 1.83. The second kappa shape index (κ2) is 9.96. The number of methoxy groups -OCH3 is 1. The zero-order valence-corrected chi connectivity index (χ0v) is 19.4. The highest BCUT2D eigenvalue weighted by molar-refractivity contribution is 7.76. The van der Waals surface area contributed by atoms with Crippen LogP contribution in [0.4, 0.5) is 17.3 Å². The predicted octanol–water partition coefficient (Wildman–Crippen LogP) is 4.61. The fraction of sp³-hybridized carbons (Fsp3) is 0.136. The fourth-order valence-corrected chi connectivity index (χ4v) is 3.67. The van der Waals surface area contributed by atoms with Gasteiger partial charge in [0.05, 0.1) is 32.3 Å². The van der Waals surface area contributed by atoms with Gasteiger partial charge >= 0.3 is 0 Å². The first-order chi connectivity index (χ1) is 15.2. The molecule has 0 saturated heterocycles. The summed E-state index contributed by atoms with van der Waals surface area (Å²) in [6.45, 7) is 7.04. The molecule has 0 aliphatic heterocycles. The van der Waals surface area contributed by atoms with Gasteiger partial charge in [-0.2, -0.15) is 4.98 Å². The molecule has 1 heterocycles. The Bertz CT molecular complexity index is 1150. The van der Waals surface area contributed by atoms with E-state index in [-0.39, 0.29) is 22.8 Å². The molecule has 2 aromatic carbocycles. The molecule has 3 aromatic rings. The fourth-order valence-electron chi connectivity index (χ4n) is 2.67. The molecule has 0 spiro atoms. The average molecular weight is 474 g/mol. The highest BCUT2D eigenvalue weighted by Crippen LogP contribution is 2.45. The van der Waals surface area contributed by atoms with Gasteiger partial charge in [-0.25, -0.2) is 9.88 Å². The minimum Gasteiger partial charge on any atom is -0.494 e. The predicted molar refractivity (Wildman–Crippen MR) is 129 cm³/mol. The molecule has 0 fully saturated rings. The van der Waals surface area contributed by atoms with Crippen molar-refractivity contribution in [2.75, 3.05) is 31.1 Å². The molecule has 0 aliphatic carbocycles. The van der Waals surface area contributed by atoms with Crippen molar-refractivity contribution in [2.24, 2.45) is 0 Å². The van der Waals surface area contributed by atoms with E-state index in [1.165, 1.54) is 12.3 Å². The van der Waals surface area contributed by atoms with Crippen molar-refractivity contribution in [1.82, 2.24) is 9.97 Å². The highest BCUT2D eigenvalue weighted by Gasteiger charge is 2.26. The zero-order chi connectivity index (χ0) is 23.3. The molecular formula is C22H23ClN4O4P+. The van der Waals surface area contributed by atoms with Crippen LogP contribution < -0.4 is 25.4 Å². The Morgan fingerprint density at radius 3 is 2.72 bits per heavy atom.